The summed E-state index contributed by atoms with van der Waals surface area (Å²) >= 11 is 5.85. The van der Waals surface area contributed by atoms with Gasteiger partial charge >= 0.3 is 0 Å². The van der Waals surface area contributed by atoms with Gasteiger partial charge in [0.25, 0.3) is 5.91 Å². The third-order valence-corrected chi connectivity index (χ3v) is 3.42. The third-order valence-electron chi connectivity index (χ3n) is 3.13. The zero-order valence-electron chi connectivity index (χ0n) is 11.9. The van der Waals surface area contributed by atoms with Crippen LogP contribution >= 0.6 is 11.6 Å². The summed E-state index contributed by atoms with van der Waals surface area (Å²) in [6.07, 6.45) is 3.19. The summed E-state index contributed by atoms with van der Waals surface area (Å²) in [6.45, 7) is 2.69. The normalized spacial score (nSPS) is 10.6. The Labute approximate surface area is 132 Å². The van der Waals surface area contributed by atoms with Crippen LogP contribution < -0.4 is 5.32 Å². The van der Waals surface area contributed by atoms with Gasteiger partial charge in [-0.2, -0.15) is 10.2 Å². The fourth-order valence-electron chi connectivity index (χ4n) is 2.12. The minimum atomic E-state index is -0.372. The number of nitrogens with zero attached hydrogens (tertiary/aromatic N) is 3. The molecular formula is C15H14ClN5O. The number of amides is 1. The van der Waals surface area contributed by atoms with Gasteiger partial charge in [-0.3, -0.25) is 14.6 Å². The average Bonchev–Trinajstić information content (AvgIpc) is 3.08. The first-order valence-electron chi connectivity index (χ1n) is 6.71. The van der Waals surface area contributed by atoms with Crippen LogP contribution in [0.4, 0.5) is 5.82 Å². The third kappa shape index (κ3) is 3.17. The fraction of sp³-hybridized carbons (Fsp3) is 0.133. The van der Waals surface area contributed by atoms with Gasteiger partial charge in [0.2, 0.25) is 0 Å². The molecule has 6 nitrogen and oxygen atoms in total. The molecule has 22 heavy (non-hydrogen) atoms. The molecule has 3 aromatic rings. The Morgan fingerprint density at radius 3 is 3.00 bits per heavy atom. The summed E-state index contributed by atoms with van der Waals surface area (Å²) in [7, 11) is 0. The first-order valence-corrected chi connectivity index (χ1v) is 7.09. The highest BCUT2D eigenvalue weighted by Gasteiger charge is 2.13. The number of anilines is 1. The number of rotatable bonds is 4. The lowest BCUT2D eigenvalue weighted by Crippen LogP contribution is -2.14. The summed E-state index contributed by atoms with van der Waals surface area (Å²) in [5.41, 5.74) is 2.57. The lowest BCUT2D eigenvalue weighted by molar-refractivity contribution is 0.102. The number of carbonyl (C=O) groups excluding carboxylic acids is 1. The van der Waals surface area contributed by atoms with Crippen LogP contribution in [-0.4, -0.2) is 25.9 Å². The van der Waals surface area contributed by atoms with Crippen LogP contribution in [0.25, 0.3) is 0 Å². The highest BCUT2D eigenvalue weighted by atomic mass is 35.5. The van der Waals surface area contributed by atoms with E-state index in [2.05, 4.69) is 26.7 Å². The molecule has 2 heterocycles. The Morgan fingerprint density at radius 2 is 2.27 bits per heavy atom. The lowest BCUT2D eigenvalue weighted by atomic mass is 10.1. The van der Waals surface area contributed by atoms with Gasteiger partial charge in [-0.15, -0.1) is 0 Å². The molecule has 0 fully saturated rings. The summed E-state index contributed by atoms with van der Waals surface area (Å²) in [5, 5.41) is 13.5. The predicted molar refractivity (Wildman–Crippen MR) is 84.1 cm³/mol. The van der Waals surface area contributed by atoms with Crippen LogP contribution in [0, 0.1) is 6.92 Å². The minimum Gasteiger partial charge on any atom is -0.304 e. The van der Waals surface area contributed by atoms with Crippen LogP contribution in [0.3, 0.4) is 0 Å². The molecule has 2 aromatic heterocycles. The molecule has 0 aliphatic heterocycles. The highest BCUT2D eigenvalue weighted by molar-refractivity contribution is 6.34. The molecule has 0 saturated heterocycles. The minimum absolute atomic E-state index is 0.218. The van der Waals surface area contributed by atoms with E-state index < -0.39 is 0 Å². The number of nitrogens with one attached hydrogen (secondary N) is 2. The highest BCUT2D eigenvalue weighted by Crippen LogP contribution is 2.14. The number of hydrogen-bond donors (Lipinski definition) is 2. The van der Waals surface area contributed by atoms with Gasteiger partial charge in [-0.1, -0.05) is 41.4 Å². The Kier molecular flexibility index (Phi) is 3.93. The van der Waals surface area contributed by atoms with Crippen LogP contribution in [0.2, 0.25) is 5.02 Å². The monoisotopic (exact) mass is 315 g/mol. The summed E-state index contributed by atoms with van der Waals surface area (Å²) in [5.74, 6) is 0.0895. The Hall–Kier alpha value is -2.60. The SMILES string of the molecule is Cc1cccc(Cn2ccc(NC(=O)c3[nH]ncc3Cl)n2)c1. The summed E-state index contributed by atoms with van der Waals surface area (Å²) < 4.78 is 1.76. The maximum atomic E-state index is 12.0. The number of halogens is 1. The van der Waals surface area contributed by atoms with Gasteiger partial charge in [-0.05, 0) is 12.5 Å². The van der Waals surface area contributed by atoms with Crippen LogP contribution in [-0.2, 0) is 6.54 Å². The number of aromatic nitrogens is 4. The van der Waals surface area contributed by atoms with Crippen molar-refractivity contribution >= 4 is 23.3 Å². The maximum absolute atomic E-state index is 12.0. The summed E-state index contributed by atoms with van der Waals surface area (Å²) in [6, 6.07) is 9.93. The van der Waals surface area contributed by atoms with E-state index in [4.69, 9.17) is 11.6 Å². The molecule has 0 unspecified atom stereocenters. The molecule has 0 atom stereocenters. The van der Waals surface area contributed by atoms with Crippen molar-refractivity contribution in [1.82, 2.24) is 20.0 Å². The maximum Gasteiger partial charge on any atom is 0.276 e. The van der Waals surface area contributed by atoms with Crippen molar-refractivity contribution in [1.29, 1.82) is 0 Å². The van der Waals surface area contributed by atoms with Gasteiger partial charge in [0.15, 0.2) is 5.82 Å². The van der Waals surface area contributed by atoms with Crippen molar-refractivity contribution < 1.29 is 4.79 Å². The van der Waals surface area contributed by atoms with E-state index in [1.54, 1.807) is 10.7 Å². The molecule has 0 aliphatic rings. The second-order valence-electron chi connectivity index (χ2n) is 4.93. The Morgan fingerprint density at radius 1 is 1.41 bits per heavy atom. The van der Waals surface area contributed by atoms with E-state index in [9.17, 15) is 4.79 Å². The zero-order chi connectivity index (χ0) is 15.5. The molecule has 112 valence electrons. The molecule has 1 aromatic carbocycles. The zero-order valence-corrected chi connectivity index (χ0v) is 12.6. The predicted octanol–water partition coefficient (Wildman–Crippen LogP) is 2.87. The van der Waals surface area contributed by atoms with Crippen LogP contribution in [0.1, 0.15) is 21.6 Å². The number of hydrogen-bond acceptors (Lipinski definition) is 3. The van der Waals surface area contributed by atoms with Crippen molar-refractivity contribution in [3.63, 3.8) is 0 Å². The molecule has 2 N–H and O–H groups in total. The van der Waals surface area contributed by atoms with E-state index in [1.165, 1.54) is 11.8 Å². The van der Waals surface area contributed by atoms with E-state index >= 15 is 0 Å². The molecule has 0 aliphatic carbocycles. The van der Waals surface area contributed by atoms with E-state index in [0.29, 0.717) is 12.4 Å². The first kappa shape index (κ1) is 14.3. The first-order chi connectivity index (χ1) is 10.6. The van der Waals surface area contributed by atoms with Gasteiger partial charge in [0, 0.05) is 12.3 Å². The fourth-order valence-corrected chi connectivity index (χ4v) is 2.30. The molecule has 0 spiro atoms. The topological polar surface area (TPSA) is 75.6 Å². The van der Waals surface area contributed by atoms with Gasteiger partial charge < -0.3 is 5.32 Å². The second-order valence-corrected chi connectivity index (χ2v) is 5.34. The second kappa shape index (κ2) is 6.03. The Balaban J connectivity index is 1.69. The van der Waals surface area contributed by atoms with Crippen LogP contribution in [0.5, 0.6) is 0 Å². The number of aryl methyl sites for hydroxylation is 1. The standard InChI is InChI=1S/C15H14ClN5O/c1-10-3-2-4-11(7-10)9-21-6-5-13(20-21)18-15(22)14-12(16)8-17-19-14/h2-8H,9H2,1H3,(H,17,19)(H,18,20,22). The molecule has 3 rings (SSSR count). The number of aromatic amines is 1. The van der Waals surface area contributed by atoms with Crippen molar-refractivity contribution in [3.8, 4) is 0 Å². The quantitative estimate of drug-likeness (QED) is 0.777. The molecular weight excluding hydrogens is 302 g/mol. The molecule has 1 amide bonds. The lowest BCUT2D eigenvalue weighted by Gasteiger charge is -2.03. The van der Waals surface area contributed by atoms with Crippen molar-refractivity contribution in [2.75, 3.05) is 5.32 Å². The van der Waals surface area contributed by atoms with Gasteiger partial charge in [-0.25, -0.2) is 0 Å². The Bertz CT molecular complexity index is 808. The van der Waals surface area contributed by atoms with E-state index in [-0.39, 0.29) is 16.6 Å². The molecule has 7 heteroatoms. The summed E-state index contributed by atoms with van der Waals surface area (Å²) in [4.78, 5) is 12.0. The molecule has 0 bridgehead atoms. The number of carbonyl (C=O) groups is 1. The van der Waals surface area contributed by atoms with Crippen LogP contribution in [0.15, 0.2) is 42.7 Å². The van der Waals surface area contributed by atoms with E-state index in [1.807, 2.05) is 31.3 Å². The smallest absolute Gasteiger partial charge is 0.276 e. The van der Waals surface area contributed by atoms with E-state index in [0.717, 1.165) is 5.56 Å². The van der Waals surface area contributed by atoms with Crippen molar-refractivity contribution in [2.45, 2.75) is 13.5 Å². The molecule has 0 saturated carbocycles. The number of benzene rings is 1. The molecule has 0 radical (unpaired) electrons. The van der Waals surface area contributed by atoms with Crippen molar-refractivity contribution in [3.05, 3.63) is 64.6 Å². The van der Waals surface area contributed by atoms with Crippen molar-refractivity contribution in [2.24, 2.45) is 0 Å². The largest absolute Gasteiger partial charge is 0.304 e. The average molecular weight is 316 g/mol. The number of H-pyrrole nitrogens is 1. The van der Waals surface area contributed by atoms with Gasteiger partial charge in [0.1, 0.15) is 5.69 Å². The van der Waals surface area contributed by atoms with Gasteiger partial charge in [0.05, 0.1) is 17.8 Å².